The fourth-order valence-electron chi connectivity index (χ4n) is 3.79. The molecular formula is C23H35NO2. The van der Waals surface area contributed by atoms with Crippen LogP contribution in [0.15, 0.2) is 30.3 Å². The topological polar surface area (TPSA) is 46.2 Å². The molecule has 1 aromatic rings. The monoisotopic (exact) mass is 357 g/mol. The van der Waals surface area contributed by atoms with Crippen molar-refractivity contribution in [2.24, 2.45) is 0 Å². The molecule has 1 fully saturated rings. The number of hydrogen-bond donors (Lipinski definition) is 1. The van der Waals surface area contributed by atoms with Gasteiger partial charge < -0.3 is 5.32 Å². The van der Waals surface area contributed by atoms with Crippen LogP contribution in [0.3, 0.4) is 0 Å². The molecule has 144 valence electrons. The van der Waals surface area contributed by atoms with Crippen LogP contribution < -0.4 is 5.32 Å². The molecule has 3 heteroatoms. The number of carbonyl (C=O) groups excluding carboxylic acids is 2. The number of rotatable bonds is 6. The second-order valence-corrected chi connectivity index (χ2v) is 7.67. The van der Waals surface area contributed by atoms with Crippen LogP contribution in [0.5, 0.6) is 0 Å². The first-order chi connectivity index (χ1) is 12.8. The summed E-state index contributed by atoms with van der Waals surface area (Å²) in [7, 11) is 0. The molecule has 0 atom stereocenters. The summed E-state index contributed by atoms with van der Waals surface area (Å²) in [6.45, 7) is 0. The zero-order valence-corrected chi connectivity index (χ0v) is 16.2. The van der Waals surface area contributed by atoms with Crippen LogP contribution >= 0.6 is 0 Å². The highest BCUT2D eigenvalue weighted by Gasteiger charge is 2.13. The molecule has 0 aliphatic heterocycles. The van der Waals surface area contributed by atoms with E-state index in [4.69, 9.17) is 0 Å². The largest absolute Gasteiger partial charge is 0.353 e. The molecule has 0 heterocycles. The SMILES string of the molecule is O=C(CCCC(=O)c1ccccc1)NC1CCCCCCCCCCC1. The van der Waals surface area contributed by atoms with Gasteiger partial charge in [0.2, 0.25) is 5.91 Å². The fraction of sp³-hybridized carbons (Fsp3) is 0.652. The molecular weight excluding hydrogens is 322 g/mol. The van der Waals surface area contributed by atoms with Crippen molar-refractivity contribution in [1.82, 2.24) is 5.32 Å². The minimum atomic E-state index is 0.114. The Balaban J connectivity index is 1.67. The lowest BCUT2D eigenvalue weighted by Gasteiger charge is -2.19. The standard InChI is InChI=1S/C23H35NO2/c25-22(20-14-9-8-10-15-20)18-13-19-23(26)24-21-16-11-6-4-2-1-3-5-7-12-17-21/h8-10,14-15,21H,1-7,11-13,16-19H2,(H,24,26). The van der Waals surface area contributed by atoms with Crippen molar-refractivity contribution in [3.63, 3.8) is 0 Å². The Morgan fingerprint density at radius 2 is 1.31 bits per heavy atom. The van der Waals surface area contributed by atoms with Gasteiger partial charge in [0, 0.05) is 24.4 Å². The van der Waals surface area contributed by atoms with Crippen molar-refractivity contribution >= 4 is 11.7 Å². The van der Waals surface area contributed by atoms with Gasteiger partial charge in [-0.2, -0.15) is 0 Å². The minimum Gasteiger partial charge on any atom is -0.353 e. The average Bonchev–Trinajstić information content (AvgIpc) is 2.64. The number of ketones is 1. The van der Waals surface area contributed by atoms with E-state index in [1.54, 1.807) is 0 Å². The number of Topliss-reactive ketones (excluding diaryl/α,β-unsaturated/α-hetero) is 1. The van der Waals surface area contributed by atoms with Gasteiger partial charge in [-0.15, -0.1) is 0 Å². The molecule has 0 bridgehead atoms. The highest BCUT2D eigenvalue weighted by molar-refractivity contribution is 5.96. The number of amides is 1. The minimum absolute atomic E-state index is 0.114. The second kappa shape index (κ2) is 12.7. The van der Waals surface area contributed by atoms with Crippen LogP contribution in [0, 0.1) is 0 Å². The predicted molar refractivity (Wildman–Crippen MR) is 107 cm³/mol. The first-order valence-electron chi connectivity index (χ1n) is 10.6. The molecule has 0 radical (unpaired) electrons. The highest BCUT2D eigenvalue weighted by Crippen LogP contribution is 2.17. The van der Waals surface area contributed by atoms with Gasteiger partial charge in [-0.05, 0) is 19.3 Å². The summed E-state index contributed by atoms with van der Waals surface area (Å²) in [5.41, 5.74) is 0.743. The Labute approximate surface area is 159 Å². The fourth-order valence-corrected chi connectivity index (χ4v) is 3.79. The number of hydrogen-bond acceptors (Lipinski definition) is 2. The molecule has 3 nitrogen and oxygen atoms in total. The normalized spacial score (nSPS) is 17.7. The molecule has 1 N–H and O–H groups in total. The van der Waals surface area contributed by atoms with E-state index < -0.39 is 0 Å². The Kier molecular flexibility index (Phi) is 10.1. The van der Waals surface area contributed by atoms with Crippen molar-refractivity contribution in [3.05, 3.63) is 35.9 Å². The van der Waals surface area contributed by atoms with E-state index >= 15 is 0 Å². The molecule has 1 saturated carbocycles. The van der Waals surface area contributed by atoms with E-state index in [0.29, 0.717) is 25.3 Å². The van der Waals surface area contributed by atoms with Crippen LogP contribution in [0.2, 0.25) is 0 Å². The molecule has 0 aromatic heterocycles. The maximum atomic E-state index is 12.3. The zero-order chi connectivity index (χ0) is 18.5. The van der Waals surface area contributed by atoms with E-state index in [-0.39, 0.29) is 11.7 Å². The van der Waals surface area contributed by atoms with Gasteiger partial charge in [-0.1, -0.05) is 88.1 Å². The van der Waals surface area contributed by atoms with Gasteiger partial charge in [0.05, 0.1) is 0 Å². The van der Waals surface area contributed by atoms with Gasteiger partial charge in [-0.25, -0.2) is 0 Å². The van der Waals surface area contributed by atoms with Crippen LogP contribution in [0.25, 0.3) is 0 Å². The van der Waals surface area contributed by atoms with E-state index in [9.17, 15) is 9.59 Å². The molecule has 2 rings (SSSR count). The summed E-state index contributed by atoms with van der Waals surface area (Å²) >= 11 is 0. The van der Waals surface area contributed by atoms with Crippen molar-refractivity contribution < 1.29 is 9.59 Å². The lowest BCUT2D eigenvalue weighted by atomic mass is 9.97. The van der Waals surface area contributed by atoms with E-state index in [1.807, 2.05) is 30.3 Å². The Hall–Kier alpha value is -1.64. The van der Waals surface area contributed by atoms with Crippen molar-refractivity contribution in [3.8, 4) is 0 Å². The summed E-state index contributed by atoms with van der Waals surface area (Å²) in [5, 5.41) is 3.23. The third-order valence-corrected chi connectivity index (χ3v) is 5.37. The van der Waals surface area contributed by atoms with Gasteiger partial charge in [0.1, 0.15) is 0 Å². The van der Waals surface area contributed by atoms with E-state index in [1.165, 1.54) is 57.8 Å². The number of carbonyl (C=O) groups is 2. The number of benzene rings is 1. The molecule has 0 saturated heterocycles. The van der Waals surface area contributed by atoms with Crippen molar-refractivity contribution in [2.75, 3.05) is 0 Å². The quantitative estimate of drug-likeness (QED) is 0.651. The zero-order valence-electron chi connectivity index (χ0n) is 16.2. The summed E-state index contributed by atoms with van der Waals surface area (Å²) < 4.78 is 0. The molecule has 26 heavy (non-hydrogen) atoms. The number of nitrogens with one attached hydrogen (secondary N) is 1. The molecule has 0 unspecified atom stereocenters. The van der Waals surface area contributed by atoms with Crippen LogP contribution in [-0.4, -0.2) is 17.7 Å². The molecule has 1 aliphatic carbocycles. The molecule has 1 aliphatic rings. The van der Waals surface area contributed by atoms with Crippen molar-refractivity contribution in [2.45, 2.75) is 95.9 Å². The van der Waals surface area contributed by atoms with Crippen LogP contribution in [0.1, 0.15) is 100 Å². The van der Waals surface area contributed by atoms with E-state index in [0.717, 1.165) is 18.4 Å². The molecule has 0 spiro atoms. The lowest BCUT2D eigenvalue weighted by molar-refractivity contribution is -0.122. The maximum absolute atomic E-state index is 12.3. The first kappa shape index (κ1) is 20.7. The summed E-state index contributed by atoms with van der Waals surface area (Å²) in [6, 6.07) is 9.67. The third kappa shape index (κ3) is 8.64. The summed E-state index contributed by atoms with van der Waals surface area (Å²) in [4.78, 5) is 24.4. The van der Waals surface area contributed by atoms with Gasteiger partial charge in [-0.3, -0.25) is 9.59 Å². The van der Waals surface area contributed by atoms with Gasteiger partial charge >= 0.3 is 0 Å². The van der Waals surface area contributed by atoms with Crippen LogP contribution in [-0.2, 0) is 4.79 Å². The Bertz CT molecular complexity index is 514. The smallest absolute Gasteiger partial charge is 0.220 e. The lowest BCUT2D eigenvalue weighted by Crippen LogP contribution is -2.34. The average molecular weight is 358 g/mol. The second-order valence-electron chi connectivity index (χ2n) is 7.67. The predicted octanol–water partition coefficient (Wildman–Crippen LogP) is 5.83. The Morgan fingerprint density at radius 3 is 1.88 bits per heavy atom. The summed E-state index contributed by atoms with van der Waals surface area (Å²) in [5.74, 6) is 0.243. The third-order valence-electron chi connectivity index (χ3n) is 5.37. The van der Waals surface area contributed by atoms with Crippen molar-refractivity contribution in [1.29, 1.82) is 0 Å². The molecule has 1 aromatic carbocycles. The Morgan fingerprint density at radius 1 is 0.769 bits per heavy atom. The van der Waals surface area contributed by atoms with E-state index in [2.05, 4.69) is 5.32 Å². The first-order valence-corrected chi connectivity index (χ1v) is 10.6. The highest BCUT2D eigenvalue weighted by atomic mass is 16.1. The van der Waals surface area contributed by atoms with Crippen LogP contribution in [0.4, 0.5) is 0 Å². The molecule has 1 amide bonds. The van der Waals surface area contributed by atoms with Gasteiger partial charge in [0.25, 0.3) is 0 Å². The maximum Gasteiger partial charge on any atom is 0.220 e. The summed E-state index contributed by atoms with van der Waals surface area (Å²) in [6.07, 6.45) is 15.6. The van der Waals surface area contributed by atoms with Gasteiger partial charge in [0.15, 0.2) is 5.78 Å².